The Morgan fingerprint density at radius 1 is 1.56 bits per heavy atom. The molecule has 2 nitrogen and oxygen atoms in total. The van der Waals surface area contributed by atoms with Crippen LogP contribution >= 0.6 is 0 Å². The average molecular weight is 138 g/mol. The minimum atomic E-state index is -4.48. The van der Waals surface area contributed by atoms with Crippen molar-refractivity contribution in [3.8, 4) is 0 Å². The Labute approximate surface area is 49.9 Å². The maximum Gasteiger partial charge on any atom is 0.490 e. The largest absolute Gasteiger partial charge is 0.490 e. The lowest BCUT2D eigenvalue weighted by atomic mass is 10.3. The molecule has 0 N–H and O–H groups in total. The fourth-order valence-corrected chi connectivity index (χ4v) is 0.328. The molecule has 0 spiro atoms. The number of halogens is 3. The summed E-state index contributed by atoms with van der Waals surface area (Å²) in [6, 6.07) is 0. The van der Waals surface area contributed by atoms with Crippen molar-refractivity contribution in [1.82, 2.24) is 0 Å². The van der Waals surface area contributed by atoms with Crippen LogP contribution in [0, 0.1) is 0 Å². The summed E-state index contributed by atoms with van der Waals surface area (Å²) in [5, 5.41) is 0. The molecule has 0 radical (unpaired) electrons. The van der Waals surface area contributed by atoms with Crippen LogP contribution in [0.3, 0.4) is 0 Å². The third-order valence-electron chi connectivity index (χ3n) is 0.783. The van der Waals surface area contributed by atoms with Gasteiger partial charge >= 0.3 is 11.9 Å². The van der Waals surface area contributed by atoms with Gasteiger partial charge in [0, 0.05) is 0 Å². The van der Waals surface area contributed by atoms with Crippen molar-refractivity contribution in [3.05, 3.63) is 5.53 Å². The molecule has 0 saturated carbocycles. The van der Waals surface area contributed by atoms with Crippen LogP contribution in [0.25, 0.3) is 5.53 Å². The Hall–Kier alpha value is -0.830. The van der Waals surface area contributed by atoms with Gasteiger partial charge < -0.3 is 5.53 Å². The molecule has 0 fully saturated rings. The molecule has 9 heavy (non-hydrogen) atoms. The summed E-state index contributed by atoms with van der Waals surface area (Å²) in [7, 11) is 0. The minimum absolute atomic E-state index is 0.306. The Morgan fingerprint density at radius 2 is 2.00 bits per heavy atom. The molecule has 0 aliphatic heterocycles. The summed E-state index contributed by atoms with van der Waals surface area (Å²) in [5.74, 6) is 0. The fourth-order valence-electron chi connectivity index (χ4n) is 0.328. The van der Waals surface area contributed by atoms with Crippen LogP contribution < -0.4 is 0 Å². The quantitative estimate of drug-likeness (QED) is 0.300. The summed E-state index contributed by atoms with van der Waals surface area (Å²) >= 11 is 0. The summed E-state index contributed by atoms with van der Waals surface area (Å²) in [6.45, 7) is 1.27. The smallest absolute Gasteiger partial charge is 0.361 e. The van der Waals surface area contributed by atoms with Gasteiger partial charge in [0.15, 0.2) is 0 Å². The highest BCUT2D eigenvalue weighted by Crippen LogP contribution is 2.16. The molecule has 0 aromatic carbocycles. The molecule has 0 amide bonds. The first kappa shape index (κ1) is 8.17. The maximum atomic E-state index is 11.4. The molecule has 0 atom stereocenters. The zero-order valence-corrected chi connectivity index (χ0v) is 4.74. The van der Waals surface area contributed by atoms with Crippen molar-refractivity contribution in [3.63, 3.8) is 0 Å². The van der Waals surface area contributed by atoms with Crippen LogP contribution in [0.15, 0.2) is 0 Å². The Balaban J connectivity index is 4.33. The van der Waals surface area contributed by atoms with E-state index < -0.39 is 11.9 Å². The van der Waals surface area contributed by atoms with Crippen LogP contribution in [0.2, 0.25) is 0 Å². The normalized spacial score (nSPS) is 10.7. The molecular weight excluding hydrogens is 133 g/mol. The van der Waals surface area contributed by atoms with Crippen LogP contribution in [-0.4, -0.2) is 16.7 Å². The highest BCUT2D eigenvalue weighted by atomic mass is 19.4. The van der Waals surface area contributed by atoms with E-state index in [1.54, 1.807) is 0 Å². The van der Waals surface area contributed by atoms with Gasteiger partial charge in [-0.25, -0.2) is 0 Å². The van der Waals surface area contributed by atoms with Crippen molar-refractivity contribution in [2.24, 2.45) is 0 Å². The summed E-state index contributed by atoms with van der Waals surface area (Å²) in [4.78, 5) is 2.07. The number of alkyl halides is 3. The Kier molecular flexibility index (Phi) is 2.40. The van der Waals surface area contributed by atoms with Crippen molar-refractivity contribution in [2.75, 3.05) is 0 Å². The van der Waals surface area contributed by atoms with Crippen molar-refractivity contribution in [1.29, 1.82) is 0 Å². The van der Waals surface area contributed by atoms with E-state index in [9.17, 15) is 13.2 Å². The van der Waals surface area contributed by atoms with Gasteiger partial charge in [-0.15, -0.1) is 0 Å². The maximum absolute atomic E-state index is 11.4. The van der Waals surface area contributed by atoms with E-state index in [1.807, 2.05) is 0 Å². The topological polar surface area (TPSA) is 36.4 Å². The second-order valence-electron chi connectivity index (χ2n) is 1.40. The SMILES string of the molecule is CCC(=[N+]=[N-])C(F)(F)F. The fraction of sp³-hybridized carbons (Fsp3) is 0.750. The Morgan fingerprint density at radius 3 is 2.00 bits per heavy atom. The molecule has 0 aliphatic carbocycles. The molecule has 0 aromatic heterocycles. The van der Waals surface area contributed by atoms with E-state index in [4.69, 9.17) is 5.53 Å². The van der Waals surface area contributed by atoms with E-state index in [0.717, 1.165) is 0 Å². The summed E-state index contributed by atoms with van der Waals surface area (Å²) in [5.41, 5.74) is 6.58. The average Bonchev–Trinajstić information content (AvgIpc) is 1.65. The summed E-state index contributed by atoms with van der Waals surface area (Å²) < 4.78 is 34.3. The van der Waals surface area contributed by atoms with Crippen LogP contribution in [-0.2, 0) is 0 Å². The van der Waals surface area contributed by atoms with E-state index in [-0.39, 0.29) is 6.42 Å². The van der Waals surface area contributed by atoms with Gasteiger partial charge in [0.2, 0.25) is 0 Å². The third-order valence-corrected chi connectivity index (χ3v) is 0.783. The van der Waals surface area contributed by atoms with Gasteiger partial charge in [0.05, 0.1) is 6.42 Å². The molecule has 0 aliphatic rings. The second-order valence-corrected chi connectivity index (χ2v) is 1.40. The number of hydrogen-bond acceptors (Lipinski definition) is 0. The Bertz CT molecular complexity index is 142. The first-order valence-corrected chi connectivity index (χ1v) is 2.30. The number of nitrogens with zero attached hydrogens (tertiary/aromatic N) is 2. The lowest BCUT2D eigenvalue weighted by molar-refractivity contribution is -0.115. The standard InChI is InChI=1S/C4H5F3N2/c1-2-3(9-8)4(5,6)7/h2H2,1H3. The molecule has 0 saturated heterocycles. The summed E-state index contributed by atoms with van der Waals surface area (Å²) in [6.07, 6.45) is -4.79. The lowest BCUT2D eigenvalue weighted by Crippen LogP contribution is -2.22. The highest BCUT2D eigenvalue weighted by Gasteiger charge is 2.42. The molecular formula is C4H5F3N2. The van der Waals surface area contributed by atoms with E-state index in [2.05, 4.69) is 4.79 Å². The minimum Gasteiger partial charge on any atom is -0.361 e. The van der Waals surface area contributed by atoms with Gasteiger partial charge in [-0.2, -0.15) is 18.0 Å². The van der Waals surface area contributed by atoms with Gasteiger partial charge in [-0.1, -0.05) is 6.92 Å². The lowest BCUT2D eigenvalue weighted by Gasteiger charge is -1.95. The number of rotatable bonds is 1. The van der Waals surface area contributed by atoms with E-state index in [0.29, 0.717) is 0 Å². The molecule has 52 valence electrons. The molecule has 0 bridgehead atoms. The van der Waals surface area contributed by atoms with Gasteiger partial charge in [-0.3, -0.25) is 0 Å². The van der Waals surface area contributed by atoms with Crippen LogP contribution in [0.1, 0.15) is 13.3 Å². The molecule has 0 heterocycles. The van der Waals surface area contributed by atoms with Gasteiger partial charge in [-0.05, 0) is 0 Å². The van der Waals surface area contributed by atoms with Crippen molar-refractivity contribution >= 4 is 5.71 Å². The zero-order valence-electron chi connectivity index (χ0n) is 4.74. The molecule has 0 unspecified atom stereocenters. The van der Waals surface area contributed by atoms with Crippen molar-refractivity contribution < 1.29 is 18.0 Å². The first-order valence-electron chi connectivity index (χ1n) is 2.30. The predicted molar refractivity (Wildman–Crippen MR) is 25.0 cm³/mol. The predicted octanol–water partition coefficient (Wildman–Crippen LogP) is 1.63. The second kappa shape index (κ2) is 2.64. The zero-order chi connectivity index (χ0) is 7.49. The van der Waals surface area contributed by atoms with Crippen molar-refractivity contribution in [2.45, 2.75) is 19.5 Å². The molecule has 5 heteroatoms. The van der Waals surface area contributed by atoms with Crippen LogP contribution in [0.5, 0.6) is 0 Å². The molecule has 0 rings (SSSR count). The number of hydrogen-bond donors (Lipinski definition) is 0. The monoisotopic (exact) mass is 138 g/mol. The van der Waals surface area contributed by atoms with Crippen LogP contribution in [0.4, 0.5) is 13.2 Å². The van der Waals surface area contributed by atoms with E-state index >= 15 is 0 Å². The first-order chi connectivity index (χ1) is 4.02. The van der Waals surface area contributed by atoms with Gasteiger partial charge in [0.1, 0.15) is 0 Å². The molecule has 0 aromatic rings. The third kappa shape index (κ3) is 2.28. The highest BCUT2D eigenvalue weighted by molar-refractivity contribution is 5.84. The van der Waals surface area contributed by atoms with E-state index in [1.165, 1.54) is 6.92 Å². The van der Waals surface area contributed by atoms with Gasteiger partial charge in [0.25, 0.3) is 0 Å².